The molecule has 1 N–H and O–H groups in total. The second kappa shape index (κ2) is 7.31. The first kappa shape index (κ1) is 14.0. The van der Waals surface area contributed by atoms with Gasteiger partial charge in [-0.1, -0.05) is 48.5 Å². The number of unbranched alkanes of at least 4 members (excludes halogenated alkanes) is 3. The molecule has 0 unspecified atom stereocenters. The fraction of sp³-hybridized carbons (Fsp3) is 0.923. The molecule has 0 aromatic carbocycles. The smallest absolute Gasteiger partial charge is 0.225 e. The highest BCUT2D eigenvalue weighted by Crippen LogP contribution is 2.37. The van der Waals surface area contributed by atoms with E-state index in [1.54, 1.807) is 0 Å². The van der Waals surface area contributed by atoms with Crippen molar-refractivity contribution < 1.29 is 4.79 Å². The van der Waals surface area contributed by atoms with Gasteiger partial charge in [0.05, 0.1) is 0 Å². The number of rotatable bonds is 7. The number of hydrogen-bond acceptors (Lipinski definition) is 1. The van der Waals surface area contributed by atoms with E-state index in [2.05, 4.69) is 28.2 Å². The fourth-order valence-corrected chi connectivity index (χ4v) is 2.77. The molecule has 0 aromatic rings. The number of carbonyl (C=O) groups is 1. The Hall–Kier alpha value is -0.0500. The molecule has 0 bridgehead atoms. The molecule has 3 heteroatoms. The van der Waals surface area contributed by atoms with E-state index in [4.69, 9.17) is 0 Å². The van der Waals surface area contributed by atoms with Gasteiger partial charge in [0.25, 0.3) is 0 Å². The van der Waals surface area contributed by atoms with Crippen LogP contribution in [0.3, 0.4) is 0 Å². The zero-order chi connectivity index (χ0) is 11.9. The molecule has 94 valence electrons. The van der Waals surface area contributed by atoms with Gasteiger partial charge in [0, 0.05) is 17.3 Å². The second-order valence-corrected chi connectivity index (χ2v) is 5.92. The summed E-state index contributed by atoms with van der Waals surface area (Å²) in [7, 11) is 0. The molecule has 0 radical (unpaired) electrons. The molecular formula is C13H24BrNO. The van der Waals surface area contributed by atoms with Crippen LogP contribution in [0, 0.1) is 5.41 Å². The molecule has 0 aromatic heterocycles. The van der Waals surface area contributed by atoms with E-state index in [9.17, 15) is 4.79 Å². The molecule has 1 fully saturated rings. The number of alkyl halides is 1. The van der Waals surface area contributed by atoms with Gasteiger partial charge in [-0.2, -0.15) is 0 Å². The highest BCUT2D eigenvalue weighted by molar-refractivity contribution is 9.09. The third-order valence-corrected chi connectivity index (χ3v) is 4.16. The summed E-state index contributed by atoms with van der Waals surface area (Å²) in [5.74, 6) is 0.283. The van der Waals surface area contributed by atoms with Gasteiger partial charge >= 0.3 is 0 Å². The SMILES string of the molecule is CC1(C(=O)NCCCCCCBr)CCCC1. The molecule has 0 heterocycles. The molecule has 1 amide bonds. The van der Waals surface area contributed by atoms with Gasteiger partial charge in [-0.15, -0.1) is 0 Å². The summed E-state index contributed by atoms with van der Waals surface area (Å²) in [6, 6.07) is 0. The maximum Gasteiger partial charge on any atom is 0.225 e. The highest BCUT2D eigenvalue weighted by Gasteiger charge is 2.35. The Morgan fingerprint density at radius 1 is 1.19 bits per heavy atom. The minimum Gasteiger partial charge on any atom is -0.356 e. The van der Waals surface area contributed by atoms with Gasteiger partial charge < -0.3 is 5.32 Å². The van der Waals surface area contributed by atoms with Crippen LogP contribution in [-0.4, -0.2) is 17.8 Å². The minimum atomic E-state index is -0.0597. The zero-order valence-corrected chi connectivity index (χ0v) is 11.9. The van der Waals surface area contributed by atoms with Crippen molar-refractivity contribution in [2.24, 2.45) is 5.41 Å². The topological polar surface area (TPSA) is 29.1 Å². The number of carbonyl (C=O) groups excluding carboxylic acids is 1. The summed E-state index contributed by atoms with van der Waals surface area (Å²) in [5.41, 5.74) is -0.0597. The van der Waals surface area contributed by atoms with Crippen molar-refractivity contribution >= 4 is 21.8 Å². The first-order valence-electron chi connectivity index (χ1n) is 6.53. The molecule has 1 aliphatic carbocycles. The Balaban J connectivity index is 2.06. The average Bonchev–Trinajstić information content (AvgIpc) is 2.71. The van der Waals surface area contributed by atoms with Crippen LogP contribution in [0.2, 0.25) is 0 Å². The molecule has 0 spiro atoms. The van der Waals surface area contributed by atoms with E-state index in [-0.39, 0.29) is 11.3 Å². The standard InChI is InChI=1S/C13H24BrNO/c1-13(8-4-5-9-13)12(16)15-11-7-3-2-6-10-14/h2-11H2,1H3,(H,15,16). The van der Waals surface area contributed by atoms with E-state index >= 15 is 0 Å². The van der Waals surface area contributed by atoms with Crippen LogP contribution in [0.25, 0.3) is 0 Å². The zero-order valence-electron chi connectivity index (χ0n) is 10.4. The summed E-state index contributed by atoms with van der Waals surface area (Å²) >= 11 is 3.42. The number of amides is 1. The lowest BCUT2D eigenvalue weighted by atomic mass is 9.88. The van der Waals surface area contributed by atoms with E-state index in [0.717, 1.165) is 31.1 Å². The van der Waals surface area contributed by atoms with Crippen LogP contribution in [0.15, 0.2) is 0 Å². The van der Waals surface area contributed by atoms with E-state index in [1.807, 2.05) is 0 Å². The summed E-state index contributed by atoms with van der Waals surface area (Å²) < 4.78 is 0. The van der Waals surface area contributed by atoms with Crippen LogP contribution < -0.4 is 5.32 Å². The molecule has 0 atom stereocenters. The van der Waals surface area contributed by atoms with E-state index in [0.29, 0.717) is 0 Å². The van der Waals surface area contributed by atoms with Crippen LogP contribution >= 0.6 is 15.9 Å². The fourth-order valence-electron chi connectivity index (χ4n) is 2.37. The monoisotopic (exact) mass is 289 g/mol. The first-order chi connectivity index (χ1) is 7.69. The molecule has 1 saturated carbocycles. The molecule has 1 rings (SSSR count). The Bertz CT molecular complexity index is 212. The minimum absolute atomic E-state index is 0.0597. The summed E-state index contributed by atoms with van der Waals surface area (Å²) in [6.45, 7) is 2.97. The molecule has 1 aliphatic rings. The van der Waals surface area contributed by atoms with E-state index in [1.165, 1.54) is 32.1 Å². The van der Waals surface area contributed by atoms with Gasteiger partial charge in [-0.05, 0) is 25.7 Å². The van der Waals surface area contributed by atoms with Crippen LogP contribution in [0.4, 0.5) is 0 Å². The molecule has 16 heavy (non-hydrogen) atoms. The molecular weight excluding hydrogens is 266 g/mol. The van der Waals surface area contributed by atoms with Crippen molar-refractivity contribution in [1.29, 1.82) is 0 Å². The first-order valence-corrected chi connectivity index (χ1v) is 7.65. The molecule has 0 saturated heterocycles. The lowest BCUT2D eigenvalue weighted by Crippen LogP contribution is -2.37. The Labute approximate surface area is 108 Å². The van der Waals surface area contributed by atoms with Crippen molar-refractivity contribution in [3.05, 3.63) is 0 Å². The van der Waals surface area contributed by atoms with Gasteiger partial charge in [-0.25, -0.2) is 0 Å². The Kier molecular flexibility index (Phi) is 6.40. The summed E-state index contributed by atoms with van der Waals surface area (Å²) in [4.78, 5) is 11.9. The third kappa shape index (κ3) is 4.44. The van der Waals surface area contributed by atoms with Gasteiger partial charge in [0.15, 0.2) is 0 Å². The van der Waals surface area contributed by atoms with E-state index < -0.39 is 0 Å². The van der Waals surface area contributed by atoms with Crippen LogP contribution in [0.1, 0.15) is 58.3 Å². The van der Waals surface area contributed by atoms with Gasteiger partial charge in [0.1, 0.15) is 0 Å². The van der Waals surface area contributed by atoms with Crippen molar-refractivity contribution in [3.8, 4) is 0 Å². The average molecular weight is 290 g/mol. The van der Waals surface area contributed by atoms with Crippen molar-refractivity contribution in [1.82, 2.24) is 5.32 Å². The number of hydrogen-bond donors (Lipinski definition) is 1. The molecule has 0 aliphatic heterocycles. The second-order valence-electron chi connectivity index (χ2n) is 5.13. The number of halogens is 1. The summed E-state index contributed by atoms with van der Waals surface area (Å²) in [6.07, 6.45) is 9.43. The Morgan fingerprint density at radius 3 is 2.44 bits per heavy atom. The largest absolute Gasteiger partial charge is 0.356 e. The molecule has 2 nitrogen and oxygen atoms in total. The van der Waals surface area contributed by atoms with Crippen molar-refractivity contribution in [2.75, 3.05) is 11.9 Å². The summed E-state index contributed by atoms with van der Waals surface area (Å²) in [5, 5.41) is 4.19. The predicted octanol–water partition coefficient (Wildman–Crippen LogP) is 3.64. The van der Waals surface area contributed by atoms with Crippen LogP contribution in [-0.2, 0) is 4.79 Å². The van der Waals surface area contributed by atoms with Crippen molar-refractivity contribution in [2.45, 2.75) is 58.3 Å². The maximum absolute atomic E-state index is 11.9. The number of nitrogens with one attached hydrogen (secondary N) is 1. The lowest BCUT2D eigenvalue weighted by Gasteiger charge is -2.22. The van der Waals surface area contributed by atoms with Crippen molar-refractivity contribution in [3.63, 3.8) is 0 Å². The highest BCUT2D eigenvalue weighted by atomic mass is 79.9. The Morgan fingerprint density at radius 2 is 1.81 bits per heavy atom. The van der Waals surface area contributed by atoms with Gasteiger partial charge in [-0.3, -0.25) is 4.79 Å². The normalized spacial score (nSPS) is 18.6. The quantitative estimate of drug-likeness (QED) is 0.563. The lowest BCUT2D eigenvalue weighted by molar-refractivity contribution is -0.129. The predicted molar refractivity (Wildman–Crippen MR) is 71.8 cm³/mol. The maximum atomic E-state index is 11.9. The third-order valence-electron chi connectivity index (χ3n) is 3.60. The van der Waals surface area contributed by atoms with Crippen LogP contribution in [0.5, 0.6) is 0 Å². The van der Waals surface area contributed by atoms with Gasteiger partial charge in [0.2, 0.25) is 5.91 Å².